The van der Waals surface area contributed by atoms with Crippen LogP contribution in [0.3, 0.4) is 0 Å². The molecule has 3 aromatic heterocycles. The van der Waals surface area contributed by atoms with Crippen LogP contribution in [-0.4, -0.2) is 15.5 Å². The summed E-state index contributed by atoms with van der Waals surface area (Å²) in [5.41, 5.74) is 2.04. The molecule has 0 aliphatic rings. The van der Waals surface area contributed by atoms with Gasteiger partial charge in [-0.05, 0) is 54.1 Å². The van der Waals surface area contributed by atoms with E-state index < -0.39 is 0 Å². The zero-order chi connectivity index (χ0) is 23.3. The third kappa shape index (κ3) is 4.82. The Kier molecular flexibility index (Phi) is 6.31. The fourth-order valence-corrected chi connectivity index (χ4v) is 4.53. The van der Waals surface area contributed by atoms with Crippen molar-refractivity contribution in [2.24, 2.45) is 0 Å². The smallest absolute Gasteiger partial charge is 0.262 e. The zero-order valence-electron chi connectivity index (χ0n) is 18.1. The Bertz CT molecular complexity index is 1470. The average molecular weight is 472 g/mol. The van der Waals surface area contributed by atoms with Gasteiger partial charge in [-0.2, -0.15) is 0 Å². The average Bonchev–Trinajstić information content (AvgIpc) is 3.58. The lowest BCUT2D eigenvalue weighted by Crippen LogP contribution is -2.24. The molecule has 0 saturated carbocycles. The highest BCUT2D eigenvalue weighted by atomic mass is 32.2. The fraction of sp³-hybridized carbons (Fsp3) is 0.115. The first-order valence-corrected chi connectivity index (χ1v) is 11.7. The molecule has 0 radical (unpaired) electrons. The van der Waals surface area contributed by atoms with Gasteiger partial charge in [0.15, 0.2) is 5.16 Å². The Morgan fingerprint density at radius 2 is 1.74 bits per heavy atom. The molecule has 1 N–H and O–H groups in total. The van der Waals surface area contributed by atoms with Crippen LogP contribution in [-0.2, 0) is 18.8 Å². The summed E-state index contributed by atoms with van der Waals surface area (Å²) in [4.78, 5) is 30.5. The Labute approximate surface area is 199 Å². The molecule has 0 aliphatic heterocycles. The maximum atomic E-state index is 13.2. The maximum absolute atomic E-state index is 13.2. The van der Waals surface area contributed by atoms with Gasteiger partial charge in [0.05, 0.1) is 36.5 Å². The molecule has 8 heteroatoms. The maximum Gasteiger partial charge on any atom is 0.262 e. The van der Waals surface area contributed by atoms with Crippen molar-refractivity contribution >= 4 is 28.6 Å². The van der Waals surface area contributed by atoms with E-state index in [1.807, 2.05) is 48.5 Å². The number of carbonyl (C=O) groups excluding carboxylic acids is 1. The molecule has 0 saturated heterocycles. The van der Waals surface area contributed by atoms with Crippen LogP contribution in [0.2, 0.25) is 0 Å². The number of aromatic nitrogens is 2. The second kappa shape index (κ2) is 9.84. The molecule has 7 nitrogen and oxygen atoms in total. The van der Waals surface area contributed by atoms with E-state index >= 15 is 0 Å². The lowest BCUT2D eigenvalue weighted by Gasteiger charge is -2.12. The van der Waals surface area contributed by atoms with Gasteiger partial charge in [0.2, 0.25) is 0 Å². The summed E-state index contributed by atoms with van der Waals surface area (Å²) in [6.07, 6.45) is 3.16. The topological polar surface area (TPSA) is 90.3 Å². The normalized spacial score (nSPS) is 11.1. The summed E-state index contributed by atoms with van der Waals surface area (Å²) >= 11 is 1.45. The van der Waals surface area contributed by atoms with E-state index in [9.17, 15) is 9.59 Å². The molecule has 0 aliphatic carbocycles. The fourth-order valence-electron chi connectivity index (χ4n) is 3.59. The van der Waals surface area contributed by atoms with Crippen LogP contribution < -0.4 is 10.9 Å². The summed E-state index contributed by atoms with van der Waals surface area (Å²) < 4.78 is 12.4. The van der Waals surface area contributed by atoms with E-state index in [1.54, 1.807) is 41.4 Å². The molecule has 0 spiro atoms. The molecule has 170 valence electrons. The number of amides is 1. The minimum atomic E-state index is -0.179. The first-order chi connectivity index (χ1) is 16.7. The number of nitrogens with zero attached hydrogens (tertiary/aromatic N) is 2. The Morgan fingerprint density at radius 1 is 0.941 bits per heavy atom. The quantitative estimate of drug-likeness (QED) is 0.257. The van der Waals surface area contributed by atoms with Crippen LogP contribution in [0.25, 0.3) is 10.9 Å². The molecule has 5 aromatic rings. The van der Waals surface area contributed by atoms with Gasteiger partial charge < -0.3 is 14.2 Å². The third-order valence-electron chi connectivity index (χ3n) is 5.28. The highest BCUT2D eigenvalue weighted by molar-refractivity contribution is 7.98. The van der Waals surface area contributed by atoms with Crippen molar-refractivity contribution in [1.29, 1.82) is 0 Å². The number of thioether (sulfide) groups is 1. The van der Waals surface area contributed by atoms with Crippen LogP contribution in [0.15, 0.2) is 104 Å². The van der Waals surface area contributed by atoms with Crippen molar-refractivity contribution in [3.63, 3.8) is 0 Å². The molecule has 1 amide bonds. The number of nitrogens with one attached hydrogen (secondary N) is 1. The number of fused-ring (bicyclic) bond motifs is 1. The SMILES string of the molecule is O=C(NCc1ccco1)c1cccc(CSc2nc3ccccc3c(=O)n2Cc2ccco2)c1. The third-order valence-corrected chi connectivity index (χ3v) is 6.33. The Hall–Kier alpha value is -4.04. The number of hydrogen-bond acceptors (Lipinski definition) is 6. The second-order valence-electron chi connectivity index (χ2n) is 7.63. The Balaban J connectivity index is 1.37. The number of rotatable bonds is 8. The van der Waals surface area contributed by atoms with E-state index in [4.69, 9.17) is 13.8 Å². The number of carbonyl (C=O) groups is 1. The first kappa shape index (κ1) is 21.8. The molecule has 3 heterocycles. The van der Waals surface area contributed by atoms with Gasteiger partial charge in [0, 0.05) is 11.3 Å². The lowest BCUT2D eigenvalue weighted by molar-refractivity contribution is 0.0948. The van der Waals surface area contributed by atoms with E-state index in [2.05, 4.69) is 5.32 Å². The highest BCUT2D eigenvalue weighted by Gasteiger charge is 2.14. The van der Waals surface area contributed by atoms with Crippen molar-refractivity contribution in [3.05, 3.63) is 118 Å². The van der Waals surface area contributed by atoms with Crippen LogP contribution >= 0.6 is 11.8 Å². The van der Waals surface area contributed by atoms with Gasteiger partial charge in [-0.25, -0.2) is 4.98 Å². The van der Waals surface area contributed by atoms with Crippen molar-refractivity contribution < 1.29 is 13.6 Å². The molecular weight excluding hydrogens is 450 g/mol. The van der Waals surface area contributed by atoms with Crippen molar-refractivity contribution in [1.82, 2.24) is 14.9 Å². The molecule has 0 bridgehead atoms. The van der Waals surface area contributed by atoms with Crippen molar-refractivity contribution in [2.75, 3.05) is 0 Å². The van der Waals surface area contributed by atoms with E-state index in [0.29, 0.717) is 52.0 Å². The molecule has 0 unspecified atom stereocenters. The van der Waals surface area contributed by atoms with E-state index in [1.165, 1.54) is 11.8 Å². The second-order valence-corrected chi connectivity index (χ2v) is 8.58. The molecular formula is C26H21N3O4S. The van der Waals surface area contributed by atoms with E-state index in [-0.39, 0.29) is 11.5 Å². The van der Waals surface area contributed by atoms with Crippen molar-refractivity contribution in [2.45, 2.75) is 24.0 Å². The lowest BCUT2D eigenvalue weighted by atomic mass is 10.1. The summed E-state index contributed by atoms with van der Waals surface area (Å²) in [7, 11) is 0. The zero-order valence-corrected chi connectivity index (χ0v) is 19.0. The van der Waals surface area contributed by atoms with Crippen LogP contribution in [0.5, 0.6) is 0 Å². The van der Waals surface area contributed by atoms with Crippen LogP contribution in [0.4, 0.5) is 0 Å². The number of hydrogen-bond donors (Lipinski definition) is 1. The minimum Gasteiger partial charge on any atom is -0.467 e. The van der Waals surface area contributed by atoms with Gasteiger partial charge in [-0.15, -0.1) is 0 Å². The van der Waals surface area contributed by atoms with Gasteiger partial charge in [0.1, 0.15) is 11.5 Å². The summed E-state index contributed by atoms with van der Waals surface area (Å²) in [6.45, 7) is 0.617. The summed E-state index contributed by atoms with van der Waals surface area (Å²) in [6, 6.07) is 22.0. The standard InChI is InChI=1S/C26H21N3O4S/c30-24(27-15-20-8-4-12-32-20)19-7-3-6-18(14-19)17-34-26-28-23-11-2-1-10-22(23)25(31)29(26)16-21-9-5-13-33-21/h1-14H,15-17H2,(H,27,30). The van der Waals surface area contributed by atoms with Gasteiger partial charge in [-0.3, -0.25) is 14.2 Å². The van der Waals surface area contributed by atoms with Crippen LogP contribution in [0, 0.1) is 0 Å². The molecule has 5 rings (SSSR count). The van der Waals surface area contributed by atoms with Crippen LogP contribution in [0.1, 0.15) is 27.4 Å². The minimum absolute atomic E-state index is 0.115. The highest BCUT2D eigenvalue weighted by Crippen LogP contribution is 2.23. The first-order valence-electron chi connectivity index (χ1n) is 10.7. The molecule has 0 atom stereocenters. The molecule has 2 aromatic carbocycles. The number of furan rings is 2. The van der Waals surface area contributed by atoms with Gasteiger partial charge in [0.25, 0.3) is 11.5 Å². The summed E-state index contributed by atoms with van der Waals surface area (Å²) in [5.74, 6) is 1.73. The predicted octanol–water partition coefficient (Wildman–Crippen LogP) is 4.85. The Morgan fingerprint density at radius 3 is 2.53 bits per heavy atom. The van der Waals surface area contributed by atoms with Gasteiger partial charge >= 0.3 is 0 Å². The largest absolute Gasteiger partial charge is 0.467 e. The predicted molar refractivity (Wildman–Crippen MR) is 130 cm³/mol. The molecule has 0 fully saturated rings. The monoisotopic (exact) mass is 471 g/mol. The van der Waals surface area contributed by atoms with Crippen molar-refractivity contribution in [3.8, 4) is 0 Å². The van der Waals surface area contributed by atoms with Gasteiger partial charge in [-0.1, -0.05) is 36.0 Å². The number of benzene rings is 2. The number of para-hydroxylation sites is 1. The van der Waals surface area contributed by atoms with E-state index in [0.717, 1.165) is 5.56 Å². The summed E-state index contributed by atoms with van der Waals surface area (Å²) in [5, 5.41) is 4.01. The molecule has 34 heavy (non-hydrogen) atoms.